The van der Waals surface area contributed by atoms with Crippen molar-refractivity contribution < 1.29 is 9.72 Å². The summed E-state index contributed by atoms with van der Waals surface area (Å²) in [6.07, 6.45) is 0. The smallest absolute Gasteiger partial charge is 0.274 e. The van der Waals surface area contributed by atoms with Crippen LogP contribution < -0.4 is 5.32 Å². The number of nitrogens with zero attached hydrogens (tertiary/aromatic N) is 4. The Kier molecular flexibility index (Phi) is 4.59. The molecule has 8 nitrogen and oxygen atoms in total. The highest BCUT2D eigenvalue weighted by Gasteiger charge is 2.21. The van der Waals surface area contributed by atoms with Crippen molar-refractivity contribution in [3.8, 4) is 10.6 Å². The number of aryl methyl sites for hydroxylation is 2. The molecule has 1 N–H and O–H groups in total. The number of nitro groups is 1. The van der Waals surface area contributed by atoms with Crippen molar-refractivity contribution in [2.75, 3.05) is 5.32 Å². The number of aromatic nitrogens is 3. The molecule has 0 aliphatic heterocycles. The van der Waals surface area contributed by atoms with Gasteiger partial charge in [-0.15, -0.1) is 11.3 Å². The summed E-state index contributed by atoms with van der Waals surface area (Å²) in [7, 11) is 1.78. The van der Waals surface area contributed by atoms with E-state index >= 15 is 0 Å². The number of carbonyl (C=O) groups is 1. The Hall–Kier alpha value is -3.59. The number of hydrogen-bond acceptors (Lipinski definition) is 6. The lowest BCUT2D eigenvalue weighted by Gasteiger charge is -2.11. The van der Waals surface area contributed by atoms with E-state index in [1.807, 2.05) is 24.4 Å². The average molecular weight is 407 g/mol. The van der Waals surface area contributed by atoms with Gasteiger partial charge in [0.1, 0.15) is 0 Å². The van der Waals surface area contributed by atoms with Gasteiger partial charge in [0.15, 0.2) is 5.65 Å². The molecule has 0 radical (unpaired) electrons. The van der Waals surface area contributed by atoms with Crippen molar-refractivity contribution >= 4 is 39.7 Å². The number of nitrogens with one attached hydrogen (secondary N) is 1. The monoisotopic (exact) mass is 407 g/mol. The van der Waals surface area contributed by atoms with Gasteiger partial charge in [0.2, 0.25) is 0 Å². The molecule has 0 atom stereocenters. The lowest BCUT2D eigenvalue weighted by Crippen LogP contribution is -2.14. The average Bonchev–Trinajstić information content (AvgIpc) is 3.31. The van der Waals surface area contributed by atoms with Crippen molar-refractivity contribution in [3.05, 3.63) is 68.7 Å². The van der Waals surface area contributed by atoms with Gasteiger partial charge < -0.3 is 5.32 Å². The van der Waals surface area contributed by atoms with E-state index in [9.17, 15) is 14.9 Å². The fourth-order valence-electron chi connectivity index (χ4n) is 3.32. The summed E-state index contributed by atoms with van der Waals surface area (Å²) >= 11 is 1.53. The van der Waals surface area contributed by atoms with Crippen LogP contribution >= 0.6 is 11.3 Å². The number of anilines is 1. The molecule has 0 fully saturated rings. The maximum absolute atomic E-state index is 13.2. The molecule has 0 saturated heterocycles. The van der Waals surface area contributed by atoms with E-state index in [2.05, 4.69) is 15.4 Å². The second kappa shape index (κ2) is 7.10. The maximum Gasteiger partial charge on any atom is 0.274 e. The Labute approximate surface area is 170 Å². The van der Waals surface area contributed by atoms with E-state index in [-0.39, 0.29) is 11.6 Å². The van der Waals surface area contributed by atoms with Crippen molar-refractivity contribution in [1.29, 1.82) is 0 Å². The fraction of sp³-hybridized carbons (Fsp3) is 0.150. The van der Waals surface area contributed by atoms with Gasteiger partial charge in [-0.25, -0.2) is 4.98 Å². The minimum absolute atomic E-state index is 0.0421. The lowest BCUT2D eigenvalue weighted by atomic mass is 10.1. The first-order valence-corrected chi connectivity index (χ1v) is 9.68. The van der Waals surface area contributed by atoms with E-state index in [1.165, 1.54) is 17.4 Å². The molecule has 4 rings (SSSR count). The molecule has 0 aliphatic carbocycles. The number of amides is 1. The van der Waals surface area contributed by atoms with E-state index in [4.69, 9.17) is 0 Å². The number of fused-ring (bicyclic) bond motifs is 1. The maximum atomic E-state index is 13.2. The molecular formula is C20H17N5O3S. The summed E-state index contributed by atoms with van der Waals surface area (Å²) in [5, 5.41) is 21.0. The highest BCUT2D eigenvalue weighted by molar-refractivity contribution is 7.13. The molecule has 0 saturated carbocycles. The van der Waals surface area contributed by atoms with Crippen molar-refractivity contribution in [1.82, 2.24) is 14.8 Å². The van der Waals surface area contributed by atoms with Crippen LogP contribution in [0.15, 0.2) is 41.8 Å². The number of hydrogen-bond donors (Lipinski definition) is 1. The summed E-state index contributed by atoms with van der Waals surface area (Å²) in [5.74, 6) is -0.366. The normalized spacial score (nSPS) is 11.0. The molecule has 1 aromatic carbocycles. The fourth-order valence-corrected chi connectivity index (χ4v) is 4.01. The number of rotatable bonds is 4. The molecule has 29 heavy (non-hydrogen) atoms. The van der Waals surface area contributed by atoms with Crippen LogP contribution in [-0.2, 0) is 7.05 Å². The van der Waals surface area contributed by atoms with Gasteiger partial charge in [-0.3, -0.25) is 19.6 Å². The zero-order valence-corrected chi connectivity index (χ0v) is 16.8. The van der Waals surface area contributed by atoms with Gasteiger partial charge in [-0.05, 0) is 37.4 Å². The SMILES string of the molecule is Cc1c(NC(=O)c2cc(-c3cccs3)nc3c2c(C)nn3C)cccc1[N+](=O)[O-]. The van der Waals surface area contributed by atoms with Crippen molar-refractivity contribution in [3.63, 3.8) is 0 Å². The topological polar surface area (TPSA) is 103 Å². The third-order valence-electron chi connectivity index (χ3n) is 4.74. The summed E-state index contributed by atoms with van der Waals surface area (Å²) < 4.78 is 1.65. The van der Waals surface area contributed by atoms with Crippen LogP contribution in [0.4, 0.5) is 11.4 Å². The van der Waals surface area contributed by atoms with Crippen LogP contribution in [0.5, 0.6) is 0 Å². The molecule has 4 aromatic rings. The van der Waals surface area contributed by atoms with Crippen molar-refractivity contribution in [2.24, 2.45) is 7.05 Å². The van der Waals surface area contributed by atoms with Gasteiger partial charge in [-0.2, -0.15) is 5.10 Å². The van der Waals surface area contributed by atoms with Crippen LogP contribution in [0, 0.1) is 24.0 Å². The molecule has 1 amide bonds. The van der Waals surface area contributed by atoms with Gasteiger partial charge in [0, 0.05) is 13.1 Å². The predicted octanol–water partition coefficient (Wildman–Crippen LogP) is 4.47. The predicted molar refractivity (Wildman–Crippen MR) is 112 cm³/mol. The van der Waals surface area contributed by atoms with Gasteiger partial charge in [0.25, 0.3) is 11.6 Å². The van der Waals surface area contributed by atoms with Crippen LogP contribution in [0.2, 0.25) is 0 Å². The molecular weight excluding hydrogens is 390 g/mol. The lowest BCUT2D eigenvalue weighted by molar-refractivity contribution is -0.385. The highest BCUT2D eigenvalue weighted by Crippen LogP contribution is 2.31. The third kappa shape index (κ3) is 3.25. The Balaban J connectivity index is 1.84. The number of carbonyl (C=O) groups excluding carboxylic acids is 1. The Morgan fingerprint density at radius 3 is 2.72 bits per heavy atom. The summed E-state index contributed by atoms with van der Waals surface area (Å²) in [5.41, 5.74) is 3.15. The van der Waals surface area contributed by atoms with E-state index in [0.717, 1.165) is 4.88 Å². The summed E-state index contributed by atoms with van der Waals surface area (Å²) in [6.45, 7) is 3.44. The van der Waals surface area contributed by atoms with Crippen LogP contribution in [0.3, 0.4) is 0 Å². The Morgan fingerprint density at radius 2 is 2.03 bits per heavy atom. The second-order valence-corrected chi connectivity index (χ2v) is 7.55. The van der Waals surface area contributed by atoms with Gasteiger partial charge in [0.05, 0.1) is 43.4 Å². The molecule has 3 heterocycles. The first-order chi connectivity index (χ1) is 13.9. The second-order valence-electron chi connectivity index (χ2n) is 6.60. The minimum atomic E-state index is -0.463. The molecule has 3 aromatic heterocycles. The molecule has 0 spiro atoms. The molecule has 0 bridgehead atoms. The first-order valence-electron chi connectivity index (χ1n) is 8.80. The zero-order valence-electron chi connectivity index (χ0n) is 16.0. The minimum Gasteiger partial charge on any atom is -0.321 e. The van der Waals surface area contributed by atoms with Crippen LogP contribution in [0.1, 0.15) is 21.6 Å². The van der Waals surface area contributed by atoms with Crippen molar-refractivity contribution in [2.45, 2.75) is 13.8 Å². The Morgan fingerprint density at radius 1 is 1.24 bits per heavy atom. The first kappa shape index (κ1) is 18.8. The number of nitro benzene ring substituents is 1. The summed E-state index contributed by atoms with van der Waals surface area (Å²) in [4.78, 5) is 29.6. The largest absolute Gasteiger partial charge is 0.321 e. The third-order valence-corrected chi connectivity index (χ3v) is 5.63. The molecule has 146 valence electrons. The van der Waals surface area contributed by atoms with Gasteiger partial charge >= 0.3 is 0 Å². The molecule has 0 aliphatic rings. The van der Waals surface area contributed by atoms with Crippen LogP contribution in [0.25, 0.3) is 21.6 Å². The number of benzene rings is 1. The molecule has 0 unspecified atom stereocenters. The molecule has 9 heteroatoms. The number of pyridine rings is 1. The van der Waals surface area contributed by atoms with Gasteiger partial charge in [-0.1, -0.05) is 12.1 Å². The zero-order chi connectivity index (χ0) is 20.7. The van der Waals surface area contributed by atoms with E-state index in [0.29, 0.717) is 39.2 Å². The number of thiophene rings is 1. The summed E-state index contributed by atoms with van der Waals surface area (Å²) in [6, 6.07) is 10.2. The highest BCUT2D eigenvalue weighted by atomic mass is 32.1. The van der Waals surface area contributed by atoms with E-state index < -0.39 is 4.92 Å². The Bertz CT molecular complexity index is 1260. The standard InChI is InChI=1S/C20H17N5O3S/c1-11-14(6-4-7-16(11)25(27)28)22-20(26)13-10-15(17-8-5-9-29-17)21-19-18(13)12(2)23-24(19)3/h4-10H,1-3H3,(H,22,26). The van der Waals surface area contributed by atoms with Crippen LogP contribution in [-0.4, -0.2) is 25.6 Å². The quantitative estimate of drug-likeness (QED) is 0.397. The van der Waals surface area contributed by atoms with E-state index in [1.54, 1.807) is 36.9 Å².